The molecule has 1 rings (SSSR count). The first-order valence-electron chi connectivity index (χ1n) is 5.53. The lowest BCUT2D eigenvalue weighted by Crippen LogP contribution is -2.22. The Morgan fingerprint density at radius 2 is 1.94 bits per heavy atom. The molecular formula is C13H18BrClO2. The lowest BCUT2D eigenvalue weighted by atomic mass is 10.2. The van der Waals surface area contributed by atoms with Gasteiger partial charge in [0.2, 0.25) is 0 Å². The Balaban J connectivity index is 2.46. The van der Waals surface area contributed by atoms with E-state index in [0.717, 1.165) is 15.8 Å². The summed E-state index contributed by atoms with van der Waals surface area (Å²) >= 11 is 9.26. The fourth-order valence-corrected chi connectivity index (χ4v) is 1.91. The van der Waals surface area contributed by atoms with Gasteiger partial charge in [-0.1, -0.05) is 15.9 Å². The molecule has 17 heavy (non-hydrogen) atoms. The first-order valence-corrected chi connectivity index (χ1v) is 6.86. The van der Waals surface area contributed by atoms with E-state index >= 15 is 0 Å². The van der Waals surface area contributed by atoms with Gasteiger partial charge in [0, 0.05) is 10.0 Å². The minimum absolute atomic E-state index is 0.127. The van der Waals surface area contributed by atoms with Crippen molar-refractivity contribution >= 4 is 27.5 Å². The molecule has 0 bridgehead atoms. The number of ether oxygens (including phenoxy) is 2. The maximum atomic E-state index is 5.86. The maximum Gasteiger partial charge on any atom is 0.123 e. The minimum atomic E-state index is -0.127. The average Bonchev–Trinajstić information content (AvgIpc) is 2.24. The van der Waals surface area contributed by atoms with Crippen molar-refractivity contribution in [1.29, 1.82) is 0 Å². The van der Waals surface area contributed by atoms with Gasteiger partial charge in [-0.25, -0.2) is 0 Å². The summed E-state index contributed by atoms with van der Waals surface area (Å²) in [5, 5.41) is 0. The standard InChI is InChI=1S/C13H18BrClO2/c1-13(2,3)17-7-6-16-12-5-4-11(14)8-10(12)9-15/h4-5,8H,6-7,9H2,1-3H3. The fourth-order valence-electron chi connectivity index (χ4n) is 1.29. The number of rotatable bonds is 5. The molecule has 0 radical (unpaired) electrons. The van der Waals surface area contributed by atoms with E-state index in [4.69, 9.17) is 21.1 Å². The van der Waals surface area contributed by atoms with Crippen molar-refractivity contribution in [2.75, 3.05) is 13.2 Å². The Morgan fingerprint density at radius 3 is 2.53 bits per heavy atom. The summed E-state index contributed by atoms with van der Waals surface area (Å²) in [5.74, 6) is 1.26. The Bertz CT molecular complexity index is 361. The summed E-state index contributed by atoms with van der Waals surface area (Å²) < 4.78 is 12.2. The van der Waals surface area contributed by atoms with Crippen LogP contribution < -0.4 is 4.74 Å². The van der Waals surface area contributed by atoms with Crippen LogP contribution >= 0.6 is 27.5 Å². The van der Waals surface area contributed by atoms with Crippen LogP contribution in [-0.4, -0.2) is 18.8 Å². The highest BCUT2D eigenvalue weighted by Gasteiger charge is 2.10. The highest BCUT2D eigenvalue weighted by Crippen LogP contribution is 2.24. The van der Waals surface area contributed by atoms with Gasteiger partial charge in [0.25, 0.3) is 0 Å². The van der Waals surface area contributed by atoms with Crippen molar-refractivity contribution in [3.63, 3.8) is 0 Å². The summed E-state index contributed by atoms with van der Waals surface area (Å²) in [6.45, 7) is 7.18. The molecular weight excluding hydrogens is 303 g/mol. The van der Waals surface area contributed by atoms with Crippen molar-refractivity contribution in [3.05, 3.63) is 28.2 Å². The van der Waals surface area contributed by atoms with Crippen LogP contribution in [0.25, 0.3) is 0 Å². The van der Waals surface area contributed by atoms with Crippen LogP contribution in [0.4, 0.5) is 0 Å². The predicted molar refractivity (Wildman–Crippen MR) is 74.9 cm³/mol. The summed E-state index contributed by atoms with van der Waals surface area (Å²) in [6, 6.07) is 5.82. The molecule has 0 aromatic heterocycles. The van der Waals surface area contributed by atoms with Crippen LogP contribution in [0.1, 0.15) is 26.3 Å². The van der Waals surface area contributed by atoms with E-state index in [1.54, 1.807) is 0 Å². The van der Waals surface area contributed by atoms with Gasteiger partial charge in [-0.3, -0.25) is 0 Å². The van der Waals surface area contributed by atoms with Gasteiger partial charge in [-0.15, -0.1) is 11.6 Å². The zero-order chi connectivity index (χ0) is 12.9. The zero-order valence-electron chi connectivity index (χ0n) is 10.4. The molecule has 0 spiro atoms. The van der Waals surface area contributed by atoms with Gasteiger partial charge in [-0.2, -0.15) is 0 Å². The van der Waals surface area contributed by atoms with Gasteiger partial charge in [0.15, 0.2) is 0 Å². The molecule has 0 N–H and O–H groups in total. The van der Waals surface area contributed by atoms with Gasteiger partial charge in [0.1, 0.15) is 12.4 Å². The van der Waals surface area contributed by atoms with E-state index < -0.39 is 0 Å². The summed E-state index contributed by atoms with van der Waals surface area (Å²) in [4.78, 5) is 0. The first-order chi connectivity index (χ1) is 7.92. The smallest absolute Gasteiger partial charge is 0.123 e. The average molecular weight is 322 g/mol. The van der Waals surface area contributed by atoms with Crippen molar-refractivity contribution < 1.29 is 9.47 Å². The molecule has 1 aromatic carbocycles. The van der Waals surface area contributed by atoms with Crippen LogP contribution in [0.5, 0.6) is 5.75 Å². The largest absolute Gasteiger partial charge is 0.491 e. The lowest BCUT2D eigenvalue weighted by Gasteiger charge is -2.19. The molecule has 96 valence electrons. The summed E-state index contributed by atoms with van der Waals surface area (Å²) in [7, 11) is 0. The predicted octanol–water partition coefficient (Wildman–Crippen LogP) is 4.38. The van der Waals surface area contributed by atoms with Gasteiger partial charge in [-0.05, 0) is 39.0 Å². The fraction of sp³-hybridized carbons (Fsp3) is 0.538. The number of hydrogen-bond donors (Lipinski definition) is 0. The molecule has 0 aliphatic carbocycles. The van der Waals surface area contributed by atoms with Crippen molar-refractivity contribution in [2.45, 2.75) is 32.3 Å². The third-order valence-corrected chi connectivity index (χ3v) is 2.82. The monoisotopic (exact) mass is 320 g/mol. The molecule has 0 saturated heterocycles. The normalized spacial score (nSPS) is 11.6. The molecule has 0 heterocycles. The maximum absolute atomic E-state index is 5.86. The molecule has 0 aliphatic rings. The quantitative estimate of drug-likeness (QED) is 0.592. The topological polar surface area (TPSA) is 18.5 Å². The second-order valence-electron chi connectivity index (χ2n) is 4.69. The number of halogens is 2. The second-order valence-corrected chi connectivity index (χ2v) is 5.88. The van der Waals surface area contributed by atoms with Crippen LogP contribution in [-0.2, 0) is 10.6 Å². The highest BCUT2D eigenvalue weighted by molar-refractivity contribution is 9.10. The SMILES string of the molecule is CC(C)(C)OCCOc1ccc(Br)cc1CCl. The molecule has 0 unspecified atom stereocenters. The lowest BCUT2D eigenvalue weighted by molar-refractivity contribution is -0.0163. The van der Waals surface area contributed by atoms with E-state index in [9.17, 15) is 0 Å². The zero-order valence-corrected chi connectivity index (χ0v) is 12.8. The summed E-state index contributed by atoms with van der Waals surface area (Å²) in [6.07, 6.45) is 0. The van der Waals surface area contributed by atoms with Crippen LogP contribution in [0.2, 0.25) is 0 Å². The Kier molecular flexibility index (Phi) is 5.77. The van der Waals surface area contributed by atoms with E-state index in [-0.39, 0.29) is 5.60 Å². The highest BCUT2D eigenvalue weighted by atomic mass is 79.9. The number of benzene rings is 1. The van der Waals surface area contributed by atoms with E-state index in [1.165, 1.54) is 0 Å². The Morgan fingerprint density at radius 1 is 1.24 bits per heavy atom. The van der Waals surface area contributed by atoms with E-state index in [2.05, 4.69) is 15.9 Å². The van der Waals surface area contributed by atoms with Crippen molar-refractivity contribution in [3.8, 4) is 5.75 Å². The molecule has 4 heteroatoms. The molecule has 0 atom stereocenters. The Labute approximate surface area is 116 Å². The van der Waals surface area contributed by atoms with Crippen LogP contribution in [0, 0.1) is 0 Å². The Hall–Kier alpha value is -0.250. The van der Waals surface area contributed by atoms with Gasteiger partial charge < -0.3 is 9.47 Å². The number of alkyl halides is 1. The minimum Gasteiger partial charge on any atom is -0.491 e. The first kappa shape index (κ1) is 14.8. The van der Waals surface area contributed by atoms with E-state index in [1.807, 2.05) is 39.0 Å². The molecule has 0 fully saturated rings. The summed E-state index contributed by atoms with van der Waals surface area (Å²) in [5.41, 5.74) is 0.857. The number of hydrogen-bond acceptors (Lipinski definition) is 2. The van der Waals surface area contributed by atoms with Crippen LogP contribution in [0.3, 0.4) is 0 Å². The second kappa shape index (κ2) is 6.62. The van der Waals surface area contributed by atoms with Crippen LogP contribution in [0.15, 0.2) is 22.7 Å². The third-order valence-electron chi connectivity index (χ3n) is 2.04. The molecule has 1 aromatic rings. The molecule has 2 nitrogen and oxygen atoms in total. The molecule has 0 amide bonds. The van der Waals surface area contributed by atoms with Gasteiger partial charge in [0.05, 0.1) is 18.1 Å². The molecule has 0 aliphatic heterocycles. The molecule has 0 saturated carbocycles. The van der Waals surface area contributed by atoms with Gasteiger partial charge >= 0.3 is 0 Å². The van der Waals surface area contributed by atoms with Crippen molar-refractivity contribution in [2.24, 2.45) is 0 Å². The van der Waals surface area contributed by atoms with Crippen molar-refractivity contribution in [1.82, 2.24) is 0 Å². The third kappa shape index (κ3) is 5.75. The van der Waals surface area contributed by atoms with E-state index in [0.29, 0.717) is 19.1 Å².